The van der Waals surface area contributed by atoms with Crippen molar-refractivity contribution < 1.29 is 29.0 Å². The average Bonchev–Trinajstić information content (AvgIpc) is 3.24. The summed E-state index contributed by atoms with van der Waals surface area (Å²) in [5.41, 5.74) is -0.359. The lowest BCUT2D eigenvalue weighted by Gasteiger charge is -2.30. The van der Waals surface area contributed by atoms with E-state index in [1.54, 1.807) is 53.4 Å². The number of ether oxygens (including phenoxy) is 2. The monoisotopic (exact) mass is 541 g/mol. The first-order valence-electron chi connectivity index (χ1n) is 12.6. The molecule has 2 rings (SSSR count). The molecule has 37 heavy (non-hydrogen) atoms. The van der Waals surface area contributed by atoms with Gasteiger partial charge < -0.3 is 30.1 Å². The van der Waals surface area contributed by atoms with Crippen molar-refractivity contribution in [3.8, 4) is 0 Å². The molecule has 0 radical (unpaired) electrons. The SMILES string of the molecule is C[C@H](NCC(O)C(Cc1ccccc1)NC(=O)OC(C)(C)C)C(=O)N1CCC[C@H]1C(=O)OC(C)(C)C.Cl. The number of alkyl carbamates (subject to hydrolysis) is 1. The Hall–Kier alpha value is -2.36. The molecule has 1 aliphatic rings. The minimum Gasteiger partial charge on any atom is -0.458 e. The molecule has 0 saturated carbocycles. The third-order valence-corrected chi connectivity index (χ3v) is 5.68. The normalized spacial score (nSPS) is 18.3. The van der Waals surface area contributed by atoms with Crippen LogP contribution >= 0.6 is 12.4 Å². The zero-order valence-corrected chi connectivity index (χ0v) is 23.9. The summed E-state index contributed by atoms with van der Waals surface area (Å²) in [5.74, 6) is -0.625. The number of benzene rings is 1. The van der Waals surface area contributed by atoms with E-state index in [0.717, 1.165) is 12.0 Å². The Morgan fingerprint density at radius 3 is 2.22 bits per heavy atom. The van der Waals surface area contributed by atoms with E-state index in [1.807, 2.05) is 30.3 Å². The molecular weight excluding hydrogens is 498 g/mol. The predicted molar refractivity (Wildman–Crippen MR) is 145 cm³/mol. The van der Waals surface area contributed by atoms with E-state index in [0.29, 0.717) is 19.4 Å². The van der Waals surface area contributed by atoms with Crippen molar-refractivity contribution in [2.24, 2.45) is 0 Å². The molecule has 1 heterocycles. The topological polar surface area (TPSA) is 117 Å². The van der Waals surface area contributed by atoms with Gasteiger partial charge in [0, 0.05) is 13.1 Å². The molecule has 0 spiro atoms. The van der Waals surface area contributed by atoms with Gasteiger partial charge in [-0.1, -0.05) is 30.3 Å². The summed E-state index contributed by atoms with van der Waals surface area (Å²) in [5, 5.41) is 16.8. The summed E-state index contributed by atoms with van der Waals surface area (Å²) in [4.78, 5) is 39.7. The quantitative estimate of drug-likeness (QED) is 0.411. The molecular formula is C27H44ClN3O6. The number of aliphatic hydroxyl groups is 1. The number of likely N-dealkylation sites (tertiary alicyclic amines) is 1. The molecule has 1 aromatic carbocycles. The number of nitrogens with zero attached hydrogens (tertiary/aromatic N) is 1. The molecule has 1 fully saturated rings. The van der Waals surface area contributed by atoms with Crippen LogP contribution < -0.4 is 10.6 Å². The van der Waals surface area contributed by atoms with Gasteiger partial charge >= 0.3 is 12.1 Å². The fourth-order valence-corrected chi connectivity index (χ4v) is 4.03. The molecule has 1 aromatic rings. The van der Waals surface area contributed by atoms with E-state index >= 15 is 0 Å². The molecule has 0 aliphatic carbocycles. The van der Waals surface area contributed by atoms with Gasteiger partial charge in [0.25, 0.3) is 0 Å². The van der Waals surface area contributed by atoms with Crippen molar-refractivity contribution in [1.29, 1.82) is 0 Å². The summed E-state index contributed by atoms with van der Waals surface area (Å²) in [6.07, 6.45) is 0.0638. The molecule has 3 N–H and O–H groups in total. The van der Waals surface area contributed by atoms with Gasteiger partial charge in [-0.25, -0.2) is 9.59 Å². The molecule has 4 atom stereocenters. The smallest absolute Gasteiger partial charge is 0.407 e. The number of aliphatic hydroxyl groups excluding tert-OH is 1. The van der Waals surface area contributed by atoms with Crippen LogP contribution in [0.2, 0.25) is 0 Å². The van der Waals surface area contributed by atoms with Gasteiger partial charge in [-0.15, -0.1) is 12.4 Å². The Morgan fingerprint density at radius 1 is 1.05 bits per heavy atom. The van der Waals surface area contributed by atoms with E-state index in [4.69, 9.17) is 9.47 Å². The lowest BCUT2D eigenvalue weighted by Crippen LogP contribution is -2.54. The fraction of sp³-hybridized carbons (Fsp3) is 0.667. The van der Waals surface area contributed by atoms with Gasteiger partial charge in [0.1, 0.15) is 17.2 Å². The molecule has 2 amide bonds. The molecule has 9 nitrogen and oxygen atoms in total. The number of hydrogen-bond acceptors (Lipinski definition) is 7. The summed E-state index contributed by atoms with van der Waals surface area (Å²) in [6, 6.07) is 7.63. The lowest BCUT2D eigenvalue weighted by molar-refractivity contribution is -0.163. The minimum atomic E-state index is -0.992. The van der Waals surface area contributed by atoms with Gasteiger partial charge in [0.15, 0.2) is 0 Å². The molecule has 0 bridgehead atoms. The number of carbonyl (C=O) groups is 3. The fourth-order valence-electron chi connectivity index (χ4n) is 4.03. The second-order valence-electron chi connectivity index (χ2n) is 11.4. The van der Waals surface area contributed by atoms with Crippen LogP contribution in [0.1, 0.15) is 66.9 Å². The number of amides is 2. The number of halogens is 1. The van der Waals surface area contributed by atoms with Crippen LogP contribution in [0.4, 0.5) is 4.79 Å². The highest BCUT2D eigenvalue weighted by molar-refractivity contribution is 5.88. The van der Waals surface area contributed by atoms with Crippen molar-refractivity contribution in [3.05, 3.63) is 35.9 Å². The van der Waals surface area contributed by atoms with E-state index in [9.17, 15) is 19.5 Å². The van der Waals surface area contributed by atoms with Crippen LogP contribution in [-0.2, 0) is 25.5 Å². The number of hydrogen-bond donors (Lipinski definition) is 3. The minimum absolute atomic E-state index is 0. The summed E-state index contributed by atoms with van der Waals surface area (Å²) >= 11 is 0. The number of carbonyl (C=O) groups excluding carboxylic acids is 3. The van der Waals surface area contributed by atoms with E-state index in [1.165, 1.54) is 0 Å². The van der Waals surface area contributed by atoms with Crippen LogP contribution in [-0.4, -0.2) is 76.5 Å². The second kappa shape index (κ2) is 14.0. The van der Waals surface area contributed by atoms with Crippen LogP contribution in [0.15, 0.2) is 30.3 Å². The molecule has 210 valence electrons. The van der Waals surface area contributed by atoms with E-state index < -0.39 is 47.5 Å². The summed E-state index contributed by atoms with van der Waals surface area (Å²) < 4.78 is 10.9. The highest BCUT2D eigenvalue weighted by Crippen LogP contribution is 2.22. The zero-order chi connectivity index (χ0) is 27.1. The standard InChI is InChI=1S/C27H43N3O6.ClH/c1-18(23(32)30-15-11-14-21(30)24(33)35-26(2,3)4)28-17-22(31)20(16-19-12-9-8-10-13-19)29-25(34)36-27(5,6)7;/h8-10,12-13,18,20-22,28,31H,11,14-17H2,1-7H3,(H,29,34);1H/t18-,20?,21-,22?;/m0./s1. The van der Waals surface area contributed by atoms with Crippen molar-refractivity contribution in [1.82, 2.24) is 15.5 Å². The Bertz CT molecular complexity index is 884. The zero-order valence-electron chi connectivity index (χ0n) is 23.1. The van der Waals surface area contributed by atoms with Crippen LogP contribution in [0.5, 0.6) is 0 Å². The molecule has 0 aromatic heterocycles. The van der Waals surface area contributed by atoms with Crippen molar-refractivity contribution in [2.45, 2.75) is 103 Å². The maximum Gasteiger partial charge on any atom is 0.407 e. The largest absolute Gasteiger partial charge is 0.458 e. The molecule has 1 aliphatic heterocycles. The van der Waals surface area contributed by atoms with Crippen molar-refractivity contribution >= 4 is 30.4 Å². The Labute approximate surface area is 227 Å². The van der Waals surface area contributed by atoms with Gasteiger partial charge in [-0.2, -0.15) is 0 Å². The third kappa shape index (κ3) is 11.3. The molecule has 2 unspecified atom stereocenters. The third-order valence-electron chi connectivity index (χ3n) is 5.68. The first kappa shape index (κ1) is 32.7. The number of nitrogens with one attached hydrogen (secondary N) is 2. The number of esters is 1. The van der Waals surface area contributed by atoms with E-state index in [-0.39, 0.29) is 24.9 Å². The Balaban J connectivity index is 0.00000684. The highest BCUT2D eigenvalue weighted by atomic mass is 35.5. The van der Waals surface area contributed by atoms with Crippen molar-refractivity contribution in [2.75, 3.05) is 13.1 Å². The first-order valence-corrected chi connectivity index (χ1v) is 12.6. The van der Waals surface area contributed by atoms with Crippen LogP contribution in [0.3, 0.4) is 0 Å². The predicted octanol–water partition coefficient (Wildman–Crippen LogP) is 3.22. The second-order valence-corrected chi connectivity index (χ2v) is 11.4. The average molecular weight is 542 g/mol. The summed E-state index contributed by atoms with van der Waals surface area (Å²) in [6.45, 7) is 13.0. The lowest BCUT2D eigenvalue weighted by atomic mass is 10.0. The van der Waals surface area contributed by atoms with Gasteiger partial charge in [-0.3, -0.25) is 4.79 Å². The molecule has 1 saturated heterocycles. The summed E-state index contributed by atoms with van der Waals surface area (Å²) in [7, 11) is 0. The van der Waals surface area contributed by atoms with Crippen LogP contribution in [0, 0.1) is 0 Å². The maximum absolute atomic E-state index is 13.1. The van der Waals surface area contributed by atoms with E-state index in [2.05, 4.69) is 10.6 Å². The van der Waals surface area contributed by atoms with Gasteiger partial charge in [-0.05, 0) is 73.3 Å². The Kier molecular flexibility index (Phi) is 12.3. The van der Waals surface area contributed by atoms with Gasteiger partial charge in [0.05, 0.1) is 18.2 Å². The first-order chi connectivity index (χ1) is 16.7. The highest BCUT2D eigenvalue weighted by Gasteiger charge is 2.38. The van der Waals surface area contributed by atoms with Crippen molar-refractivity contribution in [3.63, 3.8) is 0 Å². The Morgan fingerprint density at radius 2 is 1.65 bits per heavy atom. The number of rotatable bonds is 9. The van der Waals surface area contributed by atoms with Crippen LogP contribution in [0.25, 0.3) is 0 Å². The van der Waals surface area contributed by atoms with Gasteiger partial charge in [0.2, 0.25) is 5.91 Å². The maximum atomic E-state index is 13.1. The molecule has 10 heteroatoms.